The van der Waals surface area contributed by atoms with Gasteiger partial charge >= 0.3 is 5.97 Å². The second kappa shape index (κ2) is 5.89. The molecule has 1 rings (SSSR count). The second-order valence-electron chi connectivity index (χ2n) is 5.29. The van der Waals surface area contributed by atoms with Crippen LogP contribution in [0.5, 0.6) is 5.75 Å². The monoisotopic (exact) mass is 250 g/mol. The average molecular weight is 250 g/mol. The number of hydrogen-bond donors (Lipinski definition) is 1. The molecule has 1 aromatic carbocycles. The van der Waals surface area contributed by atoms with Gasteiger partial charge in [-0.25, -0.2) is 0 Å². The van der Waals surface area contributed by atoms with Crippen LogP contribution in [0.3, 0.4) is 0 Å². The van der Waals surface area contributed by atoms with Gasteiger partial charge in [0, 0.05) is 0 Å². The van der Waals surface area contributed by atoms with Gasteiger partial charge in [0.15, 0.2) is 0 Å². The van der Waals surface area contributed by atoms with E-state index in [0.717, 1.165) is 12.2 Å². The molecule has 0 spiro atoms. The van der Waals surface area contributed by atoms with Gasteiger partial charge in [-0.3, -0.25) is 4.79 Å². The zero-order valence-corrected chi connectivity index (χ0v) is 11.6. The quantitative estimate of drug-likeness (QED) is 0.838. The topological polar surface area (TPSA) is 46.5 Å². The molecule has 1 atom stereocenters. The standard InChI is InChI=1S/C15H22O3/c1-5-15(3,4)12-6-8-13(9-7-12)18-11(2)10-14(16)17/h6-9,11H,5,10H2,1-4H3,(H,16,17)/t11-/m1/s1. The summed E-state index contributed by atoms with van der Waals surface area (Å²) in [5, 5.41) is 8.66. The summed E-state index contributed by atoms with van der Waals surface area (Å²) in [6.07, 6.45) is 0.776. The normalized spacial score (nSPS) is 13.1. The maximum atomic E-state index is 10.5. The van der Waals surface area contributed by atoms with Crippen molar-refractivity contribution in [1.82, 2.24) is 0 Å². The molecule has 0 bridgehead atoms. The Balaban J connectivity index is 2.69. The first-order chi connectivity index (χ1) is 8.35. The molecule has 3 heteroatoms. The fourth-order valence-electron chi connectivity index (χ4n) is 1.71. The zero-order chi connectivity index (χ0) is 13.8. The van der Waals surface area contributed by atoms with Crippen LogP contribution in [0.15, 0.2) is 24.3 Å². The summed E-state index contributed by atoms with van der Waals surface area (Å²) >= 11 is 0. The molecule has 0 aromatic heterocycles. The summed E-state index contributed by atoms with van der Waals surface area (Å²) in [6.45, 7) is 8.34. The van der Waals surface area contributed by atoms with E-state index in [1.807, 2.05) is 24.3 Å². The van der Waals surface area contributed by atoms with Gasteiger partial charge in [-0.15, -0.1) is 0 Å². The van der Waals surface area contributed by atoms with Crippen molar-refractivity contribution in [3.8, 4) is 5.75 Å². The maximum absolute atomic E-state index is 10.5. The molecule has 0 radical (unpaired) electrons. The molecule has 1 N–H and O–H groups in total. The van der Waals surface area contributed by atoms with E-state index in [2.05, 4.69) is 20.8 Å². The van der Waals surface area contributed by atoms with Crippen molar-refractivity contribution in [2.75, 3.05) is 0 Å². The molecule has 0 saturated heterocycles. The molecular weight excluding hydrogens is 228 g/mol. The van der Waals surface area contributed by atoms with Crippen molar-refractivity contribution >= 4 is 5.97 Å². The average Bonchev–Trinajstić information content (AvgIpc) is 2.28. The van der Waals surface area contributed by atoms with Crippen LogP contribution >= 0.6 is 0 Å². The van der Waals surface area contributed by atoms with Crippen molar-refractivity contribution in [1.29, 1.82) is 0 Å². The molecule has 100 valence electrons. The van der Waals surface area contributed by atoms with Gasteiger partial charge in [-0.2, -0.15) is 0 Å². The largest absolute Gasteiger partial charge is 0.490 e. The number of carboxylic acid groups (broad SMARTS) is 1. The third-order valence-corrected chi connectivity index (χ3v) is 3.32. The Morgan fingerprint density at radius 1 is 1.33 bits per heavy atom. The van der Waals surface area contributed by atoms with Crippen molar-refractivity contribution < 1.29 is 14.6 Å². The van der Waals surface area contributed by atoms with E-state index in [9.17, 15) is 4.79 Å². The van der Waals surface area contributed by atoms with Gasteiger partial charge in [-0.05, 0) is 36.5 Å². The Kier molecular flexibility index (Phi) is 4.76. The lowest BCUT2D eigenvalue weighted by atomic mass is 9.82. The van der Waals surface area contributed by atoms with E-state index in [1.54, 1.807) is 6.92 Å². The summed E-state index contributed by atoms with van der Waals surface area (Å²) in [4.78, 5) is 10.5. The molecule has 0 saturated carbocycles. The molecular formula is C15H22O3. The number of hydrogen-bond acceptors (Lipinski definition) is 2. The summed E-state index contributed by atoms with van der Waals surface area (Å²) < 4.78 is 5.55. The SMILES string of the molecule is CCC(C)(C)c1ccc(O[C@H](C)CC(=O)O)cc1. The molecule has 3 nitrogen and oxygen atoms in total. The number of ether oxygens (including phenoxy) is 1. The van der Waals surface area contributed by atoms with Crippen molar-refractivity contribution in [3.05, 3.63) is 29.8 Å². The van der Waals surface area contributed by atoms with E-state index >= 15 is 0 Å². The third-order valence-electron chi connectivity index (χ3n) is 3.32. The van der Waals surface area contributed by atoms with Crippen molar-refractivity contribution in [2.24, 2.45) is 0 Å². The molecule has 0 amide bonds. The van der Waals surface area contributed by atoms with Crippen LogP contribution in [-0.2, 0) is 10.2 Å². The highest BCUT2D eigenvalue weighted by Crippen LogP contribution is 2.28. The van der Waals surface area contributed by atoms with Crippen LogP contribution < -0.4 is 4.74 Å². The first-order valence-electron chi connectivity index (χ1n) is 6.34. The minimum Gasteiger partial charge on any atom is -0.490 e. The third kappa shape index (κ3) is 4.06. The van der Waals surface area contributed by atoms with E-state index in [1.165, 1.54) is 5.56 Å². The molecule has 0 fully saturated rings. The smallest absolute Gasteiger partial charge is 0.307 e. The highest BCUT2D eigenvalue weighted by molar-refractivity contribution is 5.67. The van der Waals surface area contributed by atoms with E-state index < -0.39 is 5.97 Å². The molecule has 0 aliphatic heterocycles. The lowest BCUT2D eigenvalue weighted by Crippen LogP contribution is -2.17. The van der Waals surface area contributed by atoms with E-state index in [4.69, 9.17) is 9.84 Å². The van der Waals surface area contributed by atoms with E-state index in [-0.39, 0.29) is 17.9 Å². The minimum atomic E-state index is -0.841. The predicted molar refractivity (Wildman–Crippen MR) is 72.1 cm³/mol. The van der Waals surface area contributed by atoms with Gasteiger partial charge in [0.05, 0.1) is 6.42 Å². The lowest BCUT2D eigenvalue weighted by Gasteiger charge is -2.23. The van der Waals surface area contributed by atoms with Crippen LogP contribution in [0.25, 0.3) is 0 Å². The fourth-order valence-corrected chi connectivity index (χ4v) is 1.71. The fraction of sp³-hybridized carbons (Fsp3) is 0.533. The number of carbonyl (C=O) groups is 1. The predicted octanol–water partition coefficient (Wildman–Crippen LogP) is 3.62. The zero-order valence-electron chi connectivity index (χ0n) is 11.6. The summed E-state index contributed by atoms with van der Waals surface area (Å²) in [6, 6.07) is 7.91. The first kappa shape index (κ1) is 14.6. The summed E-state index contributed by atoms with van der Waals surface area (Å²) in [5.74, 6) is -0.120. The van der Waals surface area contributed by atoms with Gasteiger partial charge in [-0.1, -0.05) is 32.9 Å². The Morgan fingerprint density at radius 2 is 1.89 bits per heavy atom. The Bertz CT molecular complexity index is 393. The molecule has 0 unspecified atom stereocenters. The van der Waals surface area contributed by atoms with Crippen molar-refractivity contribution in [2.45, 2.75) is 52.1 Å². The van der Waals surface area contributed by atoms with Crippen LogP contribution in [0.2, 0.25) is 0 Å². The van der Waals surface area contributed by atoms with Gasteiger partial charge < -0.3 is 9.84 Å². The maximum Gasteiger partial charge on any atom is 0.307 e. The Morgan fingerprint density at radius 3 is 2.33 bits per heavy atom. The highest BCUT2D eigenvalue weighted by atomic mass is 16.5. The van der Waals surface area contributed by atoms with Crippen LogP contribution in [-0.4, -0.2) is 17.2 Å². The molecule has 0 aliphatic rings. The number of carboxylic acids is 1. The molecule has 0 heterocycles. The number of benzene rings is 1. The van der Waals surface area contributed by atoms with Crippen LogP contribution in [0, 0.1) is 0 Å². The number of aliphatic carboxylic acids is 1. The van der Waals surface area contributed by atoms with Crippen molar-refractivity contribution in [3.63, 3.8) is 0 Å². The minimum absolute atomic E-state index is 0.0161. The van der Waals surface area contributed by atoms with Gasteiger partial charge in [0.2, 0.25) is 0 Å². The number of rotatable bonds is 6. The van der Waals surface area contributed by atoms with Gasteiger partial charge in [0.25, 0.3) is 0 Å². The molecule has 1 aromatic rings. The second-order valence-corrected chi connectivity index (χ2v) is 5.29. The van der Waals surface area contributed by atoms with E-state index in [0.29, 0.717) is 0 Å². The lowest BCUT2D eigenvalue weighted by molar-refractivity contribution is -0.138. The highest BCUT2D eigenvalue weighted by Gasteiger charge is 2.17. The summed E-state index contributed by atoms with van der Waals surface area (Å²) in [7, 11) is 0. The summed E-state index contributed by atoms with van der Waals surface area (Å²) in [5.41, 5.74) is 1.42. The Hall–Kier alpha value is -1.51. The molecule has 18 heavy (non-hydrogen) atoms. The Labute approximate surface area is 109 Å². The van der Waals surface area contributed by atoms with Crippen LogP contribution in [0.1, 0.15) is 46.1 Å². The van der Waals surface area contributed by atoms with Crippen LogP contribution in [0.4, 0.5) is 0 Å². The van der Waals surface area contributed by atoms with Gasteiger partial charge in [0.1, 0.15) is 11.9 Å². The first-order valence-corrected chi connectivity index (χ1v) is 6.34. The molecule has 0 aliphatic carbocycles.